The largest absolute Gasteiger partial charge is 0.364 e. The van der Waals surface area contributed by atoms with Crippen molar-refractivity contribution in [1.29, 1.82) is 0 Å². The van der Waals surface area contributed by atoms with Crippen LogP contribution in [0, 0.1) is 5.82 Å². The van der Waals surface area contributed by atoms with E-state index >= 15 is 0 Å². The molecule has 1 amide bonds. The number of nitrogens with one attached hydrogen (secondary N) is 1. The fraction of sp³-hybridized carbons (Fsp3) is 0. The minimum Gasteiger partial charge on any atom is -0.364 e. The second kappa shape index (κ2) is 3.57. The van der Waals surface area contributed by atoms with E-state index in [0.717, 1.165) is 6.07 Å². The molecule has 0 spiro atoms. The first kappa shape index (κ1) is 9.45. The van der Waals surface area contributed by atoms with Gasteiger partial charge in [0.1, 0.15) is 11.5 Å². The fourth-order valence-corrected chi connectivity index (χ4v) is 1.38. The van der Waals surface area contributed by atoms with Crippen LogP contribution in [0.4, 0.5) is 4.39 Å². The molecule has 1 heterocycles. The lowest BCUT2D eigenvalue weighted by Gasteiger charge is -1.97. The molecule has 0 aliphatic carbocycles. The maximum atomic E-state index is 13.4. The zero-order valence-corrected chi connectivity index (χ0v) is 7.83. The molecule has 3 nitrogen and oxygen atoms in total. The molecule has 0 saturated heterocycles. The highest BCUT2D eigenvalue weighted by atomic mass is 19.1. The molecule has 0 bridgehead atoms. The van der Waals surface area contributed by atoms with Gasteiger partial charge in [-0.3, -0.25) is 4.79 Å². The van der Waals surface area contributed by atoms with Gasteiger partial charge in [-0.1, -0.05) is 30.3 Å². The van der Waals surface area contributed by atoms with E-state index in [1.807, 2.05) is 6.07 Å². The Balaban J connectivity index is 2.50. The van der Waals surface area contributed by atoms with Crippen molar-refractivity contribution in [3.05, 3.63) is 47.9 Å². The summed E-state index contributed by atoms with van der Waals surface area (Å²) in [4.78, 5) is 13.5. The number of aromatic amines is 1. The van der Waals surface area contributed by atoms with Gasteiger partial charge in [0.05, 0.1) is 5.69 Å². The van der Waals surface area contributed by atoms with Crippen LogP contribution in [0.25, 0.3) is 11.3 Å². The smallest absolute Gasteiger partial charge is 0.265 e. The van der Waals surface area contributed by atoms with Gasteiger partial charge in [0.15, 0.2) is 0 Å². The molecule has 4 heteroatoms. The number of rotatable bonds is 2. The van der Waals surface area contributed by atoms with Gasteiger partial charge in [0.2, 0.25) is 0 Å². The zero-order valence-electron chi connectivity index (χ0n) is 7.83. The van der Waals surface area contributed by atoms with Crippen LogP contribution in [0.2, 0.25) is 0 Å². The van der Waals surface area contributed by atoms with E-state index < -0.39 is 11.7 Å². The molecule has 76 valence electrons. The number of carbonyl (C=O) groups is 1. The van der Waals surface area contributed by atoms with Crippen LogP contribution in [0.5, 0.6) is 0 Å². The Morgan fingerprint density at radius 2 is 1.93 bits per heavy atom. The summed E-state index contributed by atoms with van der Waals surface area (Å²) in [6.45, 7) is 0. The number of halogens is 1. The zero-order chi connectivity index (χ0) is 10.8. The van der Waals surface area contributed by atoms with Gasteiger partial charge in [-0.2, -0.15) is 0 Å². The molecule has 0 atom stereocenters. The van der Waals surface area contributed by atoms with Crippen molar-refractivity contribution in [3.8, 4) is 11.3 Å². The van der Waals surface area contributed by atoms with Gasteiger partial charge in [-0.05, 0) is 0 Å². The molecule has 1 aromatic carbocycles. The van der Waals surface area contributed by atoms with E-state index in [2.05, 4.69) is 4.98 Å². The molecule has 0 unspecified atom stereocenters. The number of hydrogen-bond donors (Lipinski definition) is 2. The second-order valence-corrected chi connectivity index (χ2v) is 3.14. The van der Waals surface area contributed by atoms with Crippen molar-refractivity contribution < 1.29 is 9.18 Å². The van der Waals surface area contributed by atoms with Crippen LogP contribution in [0.15, 0.2) is 36.4 Å². The average molecular weight is 204 g/mol. The van der Waals surface area contributed by atoms with Crippen LogP contribution in [0.1, 0.15) is 10.5 Å². The summed E-state index contributed by atoms with van der Waals surface area (Å²) >= 11 is 0. The molecule has 2 rings (SSSR count). The number of benzene rings is 1. The van der Waals surface area contributed by atoms with Gasteiger partial charge in [0, 0.05) is 11.6 Å². The summed E-state index contributed by atoms with van der Waals surface area (Å²) in [5.41, 5.74) is 6.08. The molecule has 0 fully saturated rings. The topological polar surface area (TPSA) is 58.9 Å². The van der Waals surface area contributed by atoms with E-state index in [1.54, 1.807) is 24.3 Å². The summed E-state index contributed by atoms with van der Waals surface area (Å²) in [5.74, 6) is -1.15. The third kappa shape index (κ3) is 1.74. The van der Waals surface area contributed by atoms with Crippen molar-refractivity contribution in [2.24, 2.45) is 5.73 Å². The molecule has 0 aliphatic heterocycles. The van der Waals surface area contributed by atoms with Crippen LogP contribution >= 0.6 is 0 Å². The Labute approximate surface area is 85.7 Å². The fourth-order valence-electron chi connectivity index (χ4n) is 1.38. The SMILES string of the molecule is NC(=O)c1cc(F)c(-c2ccccc2)[nH]1. The molecule has 0 saturated carbocycles. The standard InChI is InChI=1S/C11H9FN2O/c12-8-6-9(11(13)15)14-10(8)7-4-2-1-3-5-7/h1-6,14H,(H2,13,15). The van der Waals surface area contributed by atoms with E-state index in [0.29, 0.717) is 5.56 Å². The van der Waals surface area contributed by atoms with Crippen LogP contribution < -0.4 is 5.73 Å². The van der Waals surface area contributed by atoms with E-state index in [9.17, 15) is 9.18 Å². The number of nitrogens with two attached hydrogens (primary N) is 1. The quantitative estimate of drug-likeness (QED) is 0.771. The molecule has 1 aromatic heterocycles. The molecular formula is C11H9FN2O. The highest BCUT2D eigenvalue weighted by Gasteiger charge is 2.12. The van der Waals surface area contributed by atoms with Crippen molar-refractivity contribution in [2.75, 3.05) is 0 Å². The predicted molar refractivity (Wildman–Crippen MR) is 54.7 cm³/mol. The van der Waals surface area contributed by atoms with Crippen molar-refractivity contribution in [2.45, 2.75) is 0 Å². The molecule has 3 N–H and O–H groups in total. The van der Waals surface area contributed by atoms with Crippen molar-refractivity contribution in [1.82, 2.24) is 4.98 Å². The predicted octanol–water partition coefficient (Wildman–Crippen LogP) is 1.92. The van der Waals surface area contributed by atoms with Crippen LogP contribution in [-0.2, 0) is 0 Å². The second-order valence-electron chi connectivity index (χ2n) is 3.14. The Kier molecular flexibility index (Phi) is 2.25. The Bertz CT molecular complexity index is 491. The minimum absolute atomic E-state index is 0.0753. The number of hydrogen-bond acceptors (Lipinski definition) is 1. The van der Waals surface area contributed by atoms with Gasteiger partial charge in [-0.25, -0.2) is 4.39 Å². The van der Waals surface area contributed by atoms with Crippen molar-refractivity contribution >= 4 is 5.91 Å². The van der Waals surface area contributed by atoms with E-state index in [4.69, 9.17) is 5.73 Å². The Morgan fingerprint density at radius 3 is 2.47 bits per heavy atom. The first-order valence-electron chi connectivity index (χ1n) is 4.42. The van der Waals surface area contributed by atoms with Gasteiger partial charge < -0.3 is 10.7 Å². The monoisotopic (exact) mass is 204 g/mol. The molecule has 2 aromatic rings. The summed E-state index contributed by atoms with van der Waals surface area (Å²) < 4.78 is 13.4. The third-order valence-corrected chi connectivity index (χ3v) is 2.10. The minimum atomic E-state index is -0.670. The summed E-state index contributed by atoms with van der Waals surface area (Å²) in [5, 5.41) is 0. The summed E-state index contributed by atoms with van der Waals surface area (Å²) in [7, 11) is 0. The highest BCUT2D eigenvalue weighted by molar-refractivity contribution is 5.92. The maximum absolute atomic E-state index is 13.4. The lowest BCUT2D eigenvalue weighted by atomic mass is 10.1. The molecular weight excluding hydrogens is 195 g/mol. The van der Waals surface area contributed by atoms with E-state index in [-0.39, 0.29) is 11.4 Å². The lowest BCUT2D eigenvalue weighted by molar-refractivity contribution is 0.0996. The van der Waals surface area contributed by atoms with Gasteiger partial charge >= 0.3 is 0 Å². The van der Waals surface area contributed by atoms with Gasteiger partial charge in [0.25, 0.3) is 5.91 Å². The molecule has 15 heavy (non-hydrogen) atoms. The molecule has 0 aliphatic rings. The van der Waals surface area contributed by atoms with Crippen LogP contribution in [0.3, 0.4) is 0 Å². The first-order valence-corrected chi connectivity index (χ1v) is 4.42. The first-order chi connectivity index (χ1) is 7.18. The highest BCUT2D eigenvalue weighted by Crippen LogP contribution is 2.21. The number of carbonyl (C=O) groups excluding carboxylic acids is 1. The summed E-state index contributed by atoms with van der Waals surface area (Å²) in [6.07, 6.45) is 0. The Hall–Kier alpha value is -2.10. The normalized spacial score (nSPS) is 10.2. The molecule has 0 radical (unpaired) electrons. The van der Waals surface area contributed by atoms with E-state index in [1.165, 1.54) is 0 Å². The number of amides is 1. The lowest BCUT2D eigenvalue weighted by Crippen LogP contribution is -2.10. The van der Waals surface area contributed by atoms with Crippen LogP contribution in [-0.4, -0.2) is 10.9 Å². The third-order valence-electron chi connectivity index (χ3n) is 2.10. The van der Waals surface area contributed by atoms with Crippen molar-refractivity contribution in [3.63, 3.8) is 0 Å². The number of aromatic nitrogens is 1. The number of H-pyrrole nitrogens is 1. The Morgan fingerprint density at radius 1 is 1.27 bits per heavy atom. The average Bonchev–Trinajstić information content (AvgIpc) is 2.62. The number of primary amides is 1. The maximum Gasteiger partial charge on any atom is 0.265 e. The summed E-state index contributed by atoms with van der Waals surface area (Å²) in [6, 6.07) is 10.0. The van der Waals surface area contributed by atoms with Gasteiger partial charge in [-0.15, -0.1) is 0 Å².